The number of fused-ring (bicyclic) bond motifs is 2. The molecule has 0 radical (unpaired) electrons. The first-order chi connectivity index (χ1) is 16.6. The van der Waals surface area contributed by atoms with Crippen LogP contribution in [0.1, 0.15) is 44.0 Å². The molecule has 11 heteroatoms. The quantitative estimate of drug-likeness (QED) is 0.493. The highest BCUT2D eigenvalue weighted by Crippen LogP contribution is 2.34. The van der Waals surface area contributed by atoms with Crippen LogP contribution in [0.2, 0.25) is 0 Å². The SMILES string of the molecule is CCOC(=O)Cn1nnnc1CN(Cc1cc2cc3c(cc2[nH]c1=O)OCCO3)C1CCCC1. The number of carbonyl (C=O) groups excluding carboxylic acids is 1. The van der Waals surface area contributed by atoms with E-state index in [1.165, 1.54) is 4.68 Å². The number of tetrazole rings is 1. The lowest BCUT2D eigenvalue weighted by Gasteiger charge is -2.28. The van der Waals surface area contributed by atoms with Gasteiger partial charge in [-0.15, -0.1) is 5.10 Å². The van der Waals surface area contributed by atoms with Crippen molar-refractivity contribution in [3.8, 4) is 11.5 Å². The van der Waals surface area contributed by atoms with Crippen LogP contribution in [0.3, 0.4) is 0 Å². The number of H-pyrrole nitrogens is 1. The first-order valence-corrected chi connectivity index (χ1v) is 11.7. The fraction of sp³-hybridized carbons (Fsp3) is 0.522. The molecule has 0 atom stereocenters. The van der Waals surface area contributed by atoms with E-state index in [1.807, 2.05) is 18.2 Å². The van der Waals surface area contributed by atoms with Crippen LogP contribution in [0.15, 0.2) is 23.0 Å². The summed E-state index contributed by atoms with van der Waals surface area (Å²) in [4.78, 5) is 30.1. The molecule has 0 saturated heterocycles. The maximum Gasteiger partial charge on any atom is 0.327 e. The summed E-state index contributed by atoms with van der Waals surface area (Å²) in [7, 11) is 0. The van der Waals surface area contributed by atoms with Gasteiger partial charge in [0, 0.05) is 29.6 Å². The summed E-state index contributed by atoms with van der Waals surface area (Å²) in [5, 5.41) is 12.7. The summed E-state index contributed by atoms with van der Waals surface area (Å²) in [5.74, 6) is 1.51. The molecule has 0 bridgehead atoms. The number of aromatic amines is 1. The first-order valence-electron chi connectivity index (χ1n) is 11.7. The van der Waals surface area contributed by atoms with Crippen LogP contribution in [0.4, 0.5) is 0 Å². The second-order valence-corrected chi connectivity index (χ2v) is 8.61. The number of aromatic nitrogens is 5. The second-order valence-electron chi connectivity index (χ2n) is 8.61. The fourth-order valence-corrected chi connectivity index (χ4v) is 4.68. The van der Waals surface area contributed by atoms with Gasteiger partial charge in [0.2, 0.25) is 0 Å². The summed E-state index contributed by atoms with van der Waals surface area (Å²) < 4.78 is 17.8. The molecule has 1 saturated carbocycles. The zero-order valence-corrected chi connectivity index (χ0v) is 19.2. The van der Waals surface area contributed by atoms with E-state index in [0.29, 0.717) is 67.4 Å². The van der Waals surface area contributed by atoms with Crippen molar-refractivity contribution in [2.24, 2.45) is 0 Å². The molecule has 34 heavy (non-hydrogen) atoms. The molecule has 5 rings (SSSR count). The van der Waals surface area contributed by atoms with E-state index in [4.69, 9.17) is 14.2 Å². The van der Waals surface area contributed by atoms with Gasteiger partial charge >= 0.3 is 5.97 Å². The third-order valence-electron chi connectivity index (χ3n) is 6.33. The lowest BCUT2D eigenvalue weighted by molar-refractivity contribution is -0.144. The maximum atomic E-state index is 13.0. The minimum atomic E-state index is -0.385. The lowest BCUT2D eigenvalue weighted by Crippen LogP contribution is -2.35. The van der Waals surface area contributed by atoms with Gasteiger partial charge in [0.05, 0.1) is 18.7 Å². The van der Waals surface area contributed by atoms with Gasteiger partial charge in [0.15, 0.2) is 17.3 Å². The van der Waals surface area contributed by atoms with E-state index in [-0.39, 0.29) is 18.1 Å². The van der Waals surface area contributed by atoms with E-state index in [1.54, 1.807) is 6.92 Å². The Morgan fingerprint density at radius 3 is 2.71 bits per heavy atom. The Balaban J connectivity index is 1.41. The normalized spacial score (nSPS) is 15.8. The Morgan fingerprint density at radius 1 is 1.18 bits per heavy atom. The molecule has 1 aliphatic carbocycles. The molecule has 3 heterocycles. The van der Waals surface area contributed by atoms with Crippen molar-refractivity contribution in [3.63, 3.8) is 0 Å². The molecule has 0 spiro atoms. The number of pyridine rings is 1. The van der Waals surface area contributed by atoms with Gasteiger partial charge in [-0.1, -0.05) is 12.8 Å². The van der Waals surface area contributed by atoms with Gasteiger partial charge in [-0.2, -0.15) is 0 Å². The highest BCUT2D eigenvalue weighted by molar-refractivity contribution is 5.83. The van der Waals surface area contributed by atoms with Crippen LogP contribution in [-0.2, 0) is 29.2 Å². The van der Waals surface area contributed by atoms with E-state index < -0.39 is 0 Å². The molecule has 11 nitrogen and oxygen atoms in total. The second kappa shape index (κ2) is 9.80. The van der Waals surface area contributed by atoms with Crippen LogP contribution >= 0.6 is 0 Å². The molecular weight excluding hydrogens is 440 g/mol. The third kappa shape index (κ3) is 4.74. The van der Waals surface area contributed by atoms with Gasteiger partial charge in [-0.25, -0.2) is 4.68 Å². The van der Waals surface area contributed by atoms with Crippen molar-refractivity contribution < 1.29 is 19.0 Å². The van der Waals surface area contributed by atoms with E-state index >= 15 is 0 Å². The predicted molar refractivity (Wildman–Crippen MR) is 122 cm³/mol. The van der Waals surface area contributed by atoms with E-state index in [9.17, 15) is 9.59 Å². The number of nitrogens with one attached hydrogen (secondary N) is 1. The molecule has 3 aromatic rings. The Labute approximate surface area is 196 Å². The number of nitrogens with zero attached hydrogens (tertiary/aromatic N) is 5. The molecule has 2 aromatic heterocycles. The number of hydrogen-bond donors (Lipinski definition) is 1. The highest BCUT2D eigenvalue weighted by atomic mass is 16.6. The zero-order chi connectivity index (χ0) is 23.5. The van der Waals surface area contributed by atoms with Gasteiger partial charge in [0.1, 0.15) is 19.8 Å². The topological polar surface area (TPSA) is 124 Å². The average molecular weight is 469 g/mol. The van der Waals surface area contributed by atoms with Gasteiger partial charge in [0.25, 0.3) is 5.56 Å². The Kier molecular flexibility index (Phi) is 6.43. The standard InChI is InChI=1S/C23H28N6O5/c1-2-32-22(30)14-29-21(25-26-27-29)13-28(17-5-3-4-6-17)12-16-9-15-10-19-20(34-8-7-33-19)11-18(15)24-23(16)31/h9-11,17H,2-8,12-14H2,1H3,(H,24,31). The molecule has 1 fully saturated rings. The van der Waals surface area contributed by atoms with Crippen LogP contribution in [-0.4, -0.2) is 61.9 Å². The summed E-state index contributed by atoms with van der Waals surface area (Å²) in [6, 6.07) is 5.94. The third-order valence-corrected chi connectivity index (χ3v) is 6.33. The molecule has 180 valence electrons. The summed E-state index contributed by atoms with van der Waals surface area (Å²) in [5.41, 5.74) is 1.22. The van der Waals surface area contributed by atoms with E-state index in [0.717, 1.165) is 31.1 Å². The van der Waals surface area contributed by atoms with Gasteiger partial charge in [-0.05, 0) is 42.3 Å². The summed E-state index contributed by atoms with van der Waals surface area (Å²) in [6.45, 7) is 3.88. The minimum Gasteiger partial charge on any atom is -0.486 e. The summed E-state index contributed by atoms with van der Waals surface area (Å²) in [6.07, 6.45) is 4.38. The first kappa shape index (κ1) is 22.3. The number of esters is 1. The van der Waals surface area contributed by atoms with Crippen LogP contribution in [0, 0.1) is 0 Å². The van der Waals surface area contributed by atoms with Gasteiger partial charge in [-0.3, -0.25) is 14.5 Å². The molecule has 0 unspecified atom stereocenters. The number of hydrogen-bond acceptors (Lipinski definition) is 9. The lowest BCUT2D eigenvalue weighted by atomic mass is 10.1. The van der Waals surface area contributed by atoms with Crippen molar-refractivity contribution in [2.45, 2.75) is 58.3 Å². The number of carbonyl (C=O) groups is 1. The largest absolute Gasteiger partial charge is 0.486 e. The molecule has 2 aliphatic rings. The maximum absolute atomic E-state index is 13.0. The van der Waals surface area contributed by atoms with Gasteiger partial charge < -0.3 is 19.2 Å². The van der Waals surface area contributed by atoms with Crippen LogP contribution < -0.4 is 15.0 Å². The monoisotopic (exact) mass is 468 g/mol. The van der Waals surface area contributed by atoms with Crippen molar-refractivity contribution in [1.29, 1.82) is 0 Å². The Hall–Kier alpha value is -3.47. The highest BCUT2D eigenvalue weighted by Gasteiger charge is 2.26. The smallest absolute Gasteiger partial charge is 0.327 e. The van der Waals surface area contributed by atoms with E-state index in [2.05, 4.69) is 25.4 Å². The molecular formula is C23H28N6O5. The Bertz CT molecular complexity index is 1230. The summed E-state index contributed by atoms with van der Waals surface area (Å²) >= 11 is 0. The van der Waals surface area contributed by atoms with Crippen molar-refractivity contribution >= 4 is 16.9 Å². The number of benzene rings is 1. The fourth-order valence-electron chi connectivity index (χ4n) is 4.68. The zero-order valence-electron chi connectivity index (χ0n) is 19.2. The Morgan fingerprint density at radius 2 is 1.94 bits per heavy atom. The molecule has 1 N–H and O–H groups in total. The van der Waals surface area contributed by atoms with Crippen molar-refractivity contribution in [1.82, 2.24) is 30.1 Å². The number of rotatable bonds is 8. The van der Waals surface area contributed by atoms with Crippen LogP contribution in [0.25, 0.3) is 10.9 Å². The average Bonchev–Trinajstić information content (AvgIpc) is 3.50. The van der Waals surface area contributed by atoms with Crippen molar-refractivity contribution in [3.05, 3.63) is 39.9 Å². The molecule has 1 aromatic carbocycles. The van der Waals surface area contributed by atoms with Crippen LogP contribution in [0.5, 0.6) is 11.5 Å². The molecule has 0 amide bonds. The molecule has 1 aliphatic heterocycles. The number of ether oxygens (including phenoxy) is 3. The predicted octanol–water partition coefficient (Wildman–Crippen LogP) is 1.79. The van der Waals surface area contributed by atoms with Crippen molar-refractivity contribution in [2.75, 3.05) is 19.8 Å². The minimum absolute atomic E-state index is 0.0432.